The Morgan fingerprint density at radius 2 is 2.14 bits per heavy atom. The molecule has 0 aliphatic heterocycles. The fourth-order valence-electron chi connectivity index (χ4n) is 1.95. The van der Waals surface area contributed by atoms with Crippen molar-refractivity contribution in [1.82, 2.24) is 20.4 Å². The van der Waals surface area contributed by atoms with Gasteiger partial charge in [0.05, 0.1) is 5.69 Å². The van der Waals surface area contributed by atoms with E-state index in [-0.39, 0.29) is 5.91 Å². The summed E-state index contributed by atoms with van der Waals surface area (Å²) in [4.78, 5) is 11.6. The number of hydrogen-bond donors (Lipinski definition) is 2. The Morgan fingerprint density at radius 3 is 2.81 bits per heavy atom. The van der Waals surface area contributed by atoms with Crippen molar-refractivity contribution in [3.05, 3.63) is 46.7 Å². The van der Waals surface area contributed by atoms with Crippen molar-refractivity contribution in [3.8, 4) is 5.69 Å². The smallest absolute Gasteiger partial charge is 0.271 e. The fraction of sp³-hybridized carbons (Fsp3) is 0.333. The van der Waals surface area contributed by atoms with Gasteiger partial charge < -0.3 is 10.6 Å². The van der Waals surface area contributed by atoms with Crippen LogP contribution in [0, 0.1) is 0 Å². The first kappa shape index (κ1) is 15.5. The minimum Gasteiger partial charge on any atom is -0.354 e. The maximum atomic E-state index is 11.6. The summed E-state index contributed by atoms with van der Waals surface area (Å²) in [5, 5.41) is 10.9. The Labute approximate surface area is 129 Å². The van der Waals surface area contributed by atoms with Crippen LogP contribution in [0.25, 0.3) is 5.69 Å². The number of rotatable bonds is 5. The van der Waals surface area contributed by atoms with Gasteiger partial charge in [-0.05, 0) is 18.2 Å². The first-order chi connectivity index (χ1) is 10.0. The number of amides is 1. The molecule has 0 saturated carbocycles. The van der Waals surface area contributed by atoms with E-state index in [2.05, 4.69) is 29.6 Å². The summed E-state index contributed by atoms with van der Waals surface area (Å²) < 4.78 is 1.67. The standard InChI is InChI=1S/C15H19ClN4O/c1-10(2)18-9-11-12(16)5-4-6-14(11)20-8-7-13(19-20)15(21)17-3/h4-8,10,18H,9H2,1-3H3,(H,17,21). The van der Waals surface area contributed by atoms with Gasteiger partial charge in [0.2, 0.25) is 0 Å². The maximum Gasteiger partial charge on any atom is 0.271 e. The van der Waals surface area contributed by atoms with Crippen LogP contribution in [0.15, 0.2) is 30.5 Å². The number of carbonyl (C=O) groups is 1. The Balaban J connectivity index is 2.36. The molecule has 0 bridgehead atoms. The normalized spacial score (nSPS) is 10.9. The molecule has 112 valence electrons. The SMILES string of the molecule is CNC(=O)c1ccn(-c2cccc(Cl)c2CNC(C)C)n1. The number of aromatic nitrogens is 2. The zero-order chi connectivity index (χ0) is 15.4. The minimum absolute atomic E-state index is 0.211. The Morgan fingerprint density at radius 1 is 1.38 bits per heavy atom. The third-order valence-corrected chi connectivity index (χ3v) is 3.43. The average molecular weight is 307 g/mol. The molecule has 2 aromatic rings. The Hall–Kier alpha value is -1.85. The quantitative estimate of drug-likeness (QED) is 0.891. The van der Waals surface area contributed by atoms with Crippen LogP contribution in [0.2, 0.25) is 5.02 Å². The summed E-state index contributed by atoms with van der Waals surface area (Å²) >= 11 is 6.30. The van der Waals surface area contributed by atoms with Gasteiger partial charge >= 0.3 is 0 Å². The predicted octanol–water partition coefficient (Wildman–Crippen LogP) is 2.38. The molecule has 1 aromatic carbocycles. The second kappa shape index (κ2) is 6.74. The topological polar surface area (TPSA) is 59.0 Å². The minimum atomic E-state index is -0.211. The first-order valence-corrected chi connectivity index (χ1v) is 7.19. The molecule has 5 nitrogen and oxygen atoms in total. The molecule has 1 aromatic heterocycles. The highest BCUT2D eigenvalue weighted by Gasteiger charge is 2.13. The van der Waals surface area contributed by atoms with E-state index in [1.807, 2.05) is 18.2 Å². The Kier molecular flexibility index (Phi) is 4.98. The summed E-state index contributed by atoms with van der Waals surface area (Å²) in [5.41, 5.74) is 2.20. The third-order valence-electron chi connectivity index (χ3n) is 3.08. The summed E-state index contributed by atoms with van der Waals surface area (Å²) in [6.07, 6.45) is 1.76. The molecule has 0 spiro atoms. The van der Waals surface area contributed by atoms with Crippen LogP contribution < -0.4 is 10.6 Å². The highest BCUT2D eigenvalue weighted by molar-refractivity contribution is 6.31. The van der Waals surface area contributed by atoms with E-state index in [4.69, 9.17) is 11.6 Å². The molecule has 0 saturated heterocycles. The number of nitrogens with zero attached hydrogens (tertiary/aromatic N) is 2. The molecule has 0 aliphatic rings. The molecule has 2 rings (SSSR count). The van der Waals surface area contributed by atoms with Crippen molar-refractivity contribution in [2.24, 2.45) is 0 Å². The monoisotopic (exact) mass is 306 g/mol. The van der Waals surface area contributed by atoms with Crippen LogP contribution in [0.3, 0.4) is 0 Å². The van der Waals surface area contributed by atoms with Crippen molar-refractivity contribution in [3.63, 3.8) is 0 Å². The van der Waals surface area contributed by atoms with Gasteiger partial charge in [0.25, 0.3) is 5.91 Å². The van der Waals surface area contributed by atoms with E-state index in [9.17, 15) is 4.79 Å². The largest absolute Gasteiger partial charge is 0.354 e. The van der Waals surface area contributed by atoms with Gasteiger partial charge in [-0.25, -0.2) is 4.68 Å². The van der Waals surface area contributed by atoms with Gasteiger partial charge in [-0.2, -0.15) is 5.10 Å². The zero-order valence-electron chi connectivity index (χ0n) is 12.4. The fourth-order valence-corrected chi connectivity index (χ4v) is 2.19. The van der Waals surface area contributed by atoms with Crippen LogP contribution in [-0.4, -0.2) is 28.8 Å². The lowest BCUT2D eigenvalue weighted by Crippen LogP contribution is -2.23. The molecule has 0 unspecified atom stereocenters. The average Bonchev–Trinajstić information content (AvgIpc) is 2.94. The van der Waals surface area contributed by atoms with Gasteiger partial charge in [-0.3, -0.25) is 4.79 Å². The second-order valence-electron chi connectivity index (χ2n) is 5.00. The summed E-state index contributed by atoms with van der Waals surface area (Å²) in [6, 6.07) is 7.69. The van der Waals surface area contributed by atoms with E-state index in [1.165, 1.54) is 0 Å². The summed E-state index contributed by atoms with van der Waals surface area (Å²) in [5.74, 6) is -0.211. The van der Waals surface area contributed by atoms with Gasteiger partial charge in [-0.15, -0.1) is 0 Å². The van der Waals surface area contributed by atoms with E-state index in [0.29, 0.717) is 23.3 Å². The molecule has 1 heterocycles. The van der Waals surface area contributed by atoms with E-state index in [0.717, 1.165) is 11.3 Å². The molecular weight excluding hydrogens is 288 g/mol. The molecule has 0 aliphatic carbocycles. The van der Waals surface area contributed by atoms with Gasteiger partial charge in [0.1, 0.15) is 0 Å². The number of carbonyl (C=O) groups excluding carboxylic acids is 1. The highest BCUT2D eigenvalue weighted by Crippen LogP contribution is 2.23. The molecule has 1 amide bonds. The van der Waals surface area contributed by atoms with Crippen LogP contribution in [0.5, 0.6) is 0 Å². The summed E-state index contributed by atoms with van der Waals surface area (Å²) in [7, 11) is 1.58. The second-order valence-corrected chi connectivity index (χ2v) is 5.40. The van der Waals surface area contributed by atoms with Crippen molar-refractivity contribution in [2.45, 2.75) is 26.4 Å². The number of nitrogens with one attached hydrogen (secondary N) is 2. The third kappa shape index (κ3) is 3.62. The summed E-state index contributed by atoms with van der Waals surface area (Å²) in [6.45, 7) is 4.80. The molecule has 21 heavy (non-hydrogen) atoms. The van der Waals surface area contributed by atoms with Gasteiger partial charge in [-0.1, -0.05) is 31.5 Å². The molecule has 2 N–H and O–H groups in total. The Bertz CT molecular complexity index is 636. The van der Waals surface area contributed by atoms with Crippen LogP contribution in [0.4, 0.5) is 0 Å². The molecular formula is C15H19ClN4O. The van der Waals surface area contributed by atoms with E-state index in [1.54, 1.807) is 24.0 Å². The van der Waals surface area contributed by atoms with Gasteiger partial charge in [0.15, 0.2) is 5.69 Å². The number of benzene rings is 1. The van der Waals surface area contributed by atoms with Crippen molar-refractivity contribution < 1.29 is 4.79 Å². The van der Waals surface area contributed by atoms with Crippen LogP contribution >= 0.6 is 11.6 Å². The van der Waals surface area contributed by atoms with Crippen molar-refractivity contribution >= 4 is 17.5 Å². The van der Waals surface area contributed by atoms with Crippen LogP contribution in [-0.2, 0) is 6.54 Å². The maximum absolute atomic E-state index is 11.6. The van der Waals surface area contributed by atoms with Crippen LogP contribution in [0.1, 0.15) is 29.9 Å². The first-order valence-electron chi connectivity index (χ1n) is 6.82. The molecule has 6 heteroatoms. The molecule has 0 radical (unpaired) electrons. The highest BCUT2D eigenvalue weighted by atomic mass is 35.5. The van der Waals surface area contributed by atoms with E-state index < -0.39 is 0 Å². The van der Waals surface area contributed by atoms with Crippen molar-refractivity contribution in [1.29, 1.82) is 0 Å². The van der Waals surface area contributed by atoms with Crippen molar-refractivity contribution in [2.75, 3.05) is 7.05 Å². The molecule has 0 fully saturated rings. The lowest BCUT2D eigenvalue weighted by Gasteiger charge is -2.14. The number of hydrogen-bond acceptors (Lipinski definition) is 3. The number of halogens is 1. The predicted molar refractivity (Wildman–Crippen MR) is 83.9 cm³/mol. The van der Waals surface area contributed by atoms with Gasteiger partial charge in [0, 0.05) is 36.4 Å². The molecule has 0 atom stereocenters. The lowest BCUT2D eigenvalue weighted by atomic mass is 10.1. The lowest BCUT2D eigenvalue weighted by molar-refractivity contribution is 0.0957. The zero-order valence-corrected chi connectivity index (χ0v) is 13.1. The van der Waals surface area contributed by atoms with E-state index >= 15 is 0 Å².